The molecule has 7 heteroatoms. The normalized spacial score (nSPS) is 10.8. The highest BCUT2D eigenvalue weighted by molar-refractivity contribution is 7.99. The lowest BCUT2D eigenvalue weighted by molar-refractivity contribution is -0.113. The molecule has 2 aromatic heterocycles. The summed E-state index contributed by atoms with van der Waals surface area (Å²) in [6, 6.07) is 17.8. The Kier molecular flexibility index (Phi) is 6.13. The Labute approximate surface area is 185 Å². The molecule has 4 aromatic rings. The third-order valence-electron chi connectivity index (χ3n) is 5.05. The van der Waals surface area contributed by atoms with Gasteiger partial charge in [0.2, 0.25) is 5.91 Å². The molecule has 0 aliphatic heterocycles. The molecule has 2 aromatic carbocycles. The van der Waals surface area contributed by atoms with Gasteiger partial charge in [-0.3, -0.25) is 14.3 Å². The van der Waals surface area contributed by atoms with Gasteiger partial charge in [-0.2, -0.15) is 0 Å². The van der Waals surface area contributed by atoms with Crippen LogP contribution in [0.1, 0.15) is 16.7 Å². The maximum atomic E-state index is 12.6. The highest BCUT2D eigenvalue weighted by Crippen LogP contribution is 2.29. The first-order chi connectivity index (χ1) is 15.0. The number of rotatable bonds is 6. The number of hydrogen-bond acceptors (Lipinski definition) is 5. The van der Waals surface area contributed by atoms with Crippen LogP contribution in [0.5, 0.6) is 0 Å². The van der Waals surface area contributed by atoms with Crippen molar-refractivity contribution < 1.29 is 4.79 Å². The van der Waals surface area contributed by atoms with E-state index in [0.29, 0.717) is 11.0 Å². The van der Waals surface area contributed by atoms with E-state index >= 15 is 0 Å². The number of aryl methyl sites for hydroxylation is 3. The van der Waals surface area contributed by atoms with Crippen molar-refractivity contribution in [2.24, 2.45) is 0 Å². The van der Waals surface area contributed by atoms with Crippen molar-refractivity contribution >= 4 is 23.4 Å². The van der Waals surface area contributed by atoms with Crippen LogP contribution in [0.4, 0.5) is 5.69 Å². The fourth-order valence-corrected chi connectivity index (χ4v) is 3.97. The van der Waals surface area contributed by atoms with Crippen LogP contribution in [0.2, 0.25) is 0 Å². The minimum atomic E-state index is -0.0851. The number of carbonyl (C=O) groups excluding carboxylic acids is 1. The Bertz CT molecular complexity index is 1220. The molecule has 0 fully saturated rings. The number of hydrogen-bond donors (Lipinski definition) is 1. The zero-order valence-electron chi connectivity index (χ0n) is 17.7. The molecule has 2 heterocycles. The highest BCUT2D eigenvalue weighted by atomic mass is 32.2. The van der Waals surface area contributed by atoms with E-state index in [0.717, 1.165) is 28.1 Å². The van der Waals surface area contributed by atoms with Gasteiger partial charge in [-0.1, -0.05) is 36.0 Å². The second-order valence-electron chi connectivity index (χ2n) is 7.30. The Morgan fingerprint density at radius 2 is 1.71 bits per heavy atom. The number of amides is 1. The summed E-state index contributed by atoms with van der Waals surface area (Å²) in [7, 11) is 0. The van der Waals surface area contributed by atoms with Crippen LogP contribution in [-0.2, 0) is 4.79 Å². The van der Waals surface area contributed by atoms with Crippen LogP contribution in [0.3, 0.4) is 0 Å². The minimum Gasteiger partial charge on any atom is -0.325 e. The van der Waals surface area contributed by atoms with Crippen LogP contribution >= 0.6 is 11.8 Å². The van der Waals surface area contributed by atoms with Crippen LogP contribution < -0.4 is 5.32 Å². The standard InChI is InChI=1S/C24H23N5OS/c1-16-8-9-20(14-18(16)3)26-22(30)15-31-24-28-27-23(19-10-12-25-13-11-19)29(24)21-7-5-4-6-17(21)2/h4-14H,15H2,1-3H3,(H,26,30). The summed E-state index contributed by atoms with van der Waals surface area (Å²) in [6.07, 6.45) is 3.46. The average molecular weight is 430 g/mol. The Balaban J connectivity index is 1.59. The van der Waals surface area contributed by atoms with Gasteiger partial charge in [0.05, 0.1) is 11.4 Å². The molecule has 31 heavy (non-hydrogen) atoms. The molecule has 0 saturated heterocycles. The Morgan fingerprint density at radius 1 is 0.935 bits per heavy atom. The third kappa shape index (κ3) is 4.67. The first kappa shape index (κ1) is 20.8. The number of carbonyl (C=O) groups is 1. The van der Waals surface area contributed by atoms with Crippen LogP contribution in [0.25, 0.3) is 17.1 Å². The molecule has 0 saturated carbocycles. The second-order valence-corrected chi connectivity index (χ2v) is 8.24. The summed E-state index contributed by atoms with van der Waals surface area (Å²) in [5, 5.41) is 12.4. The fourth-order valence-electron chi connectivity index (χ4n) is 3.23. The number of anilines is 1. The molecule has 6 nitrogen and oxygen atoms in total. The summed E-state index contributed by atoms with van der Waals surface area (Å²) >= 11 is 1.36. The third-order valence-corrected chi connectivity index (χ3v) is 5.98. The molecular formula is C24H23N5OS. The van der Waals surface area contributed by atoms with Crippen molar-refractivity contribution in [2.75, 3.05) is 11.1 Å². The number of nitrogens with zero attached hydrogens (tertiary/aromatic N) is 4. The van der Waals surface area contributed by atoms with E-state index in [1.165, 1.54) is 17.3 Å². The number of nitrogens with one attached hydrogen (secondary N) is 1. The second kappa shape index (κ2) is 9.14. The molecule has 0 atom stereocenters. The zero-order valence-corrected chi connectivity index (χ0v) is 18.5. The maximum absolute atomic E-state index is 12.6. The van der Waals surface area contributed by atoms with Gasteiger partial charge >= 0.3 is 0 Å². The molecule has 4 rings (SSSR count). The van der Waals surface area contributed by atoms with Crippen molar-refractivity contribution in [3.63, 3.8) is 0 Å². The molecule has 0 bridgehead atoms. The lowest BCUT2D eigenvalue weighted by Gasteiger charge is -2.13. The molecule has 0 radical (unpaired) electrons. The number of pyridine rings is 1. The fraction of sp³-hybridized carbons (Fsp3) is 0.167. The SMILES string of the molecule is Cc1ccc(NC(=O)CSc2nnc(-c3ccncc3)n2-c2ccccc2C)cc1C. The predicted octanol–water partition coefficient (Wildman–Crippen LogP) is 4.99. The lowest BCUT2D eigenvalue weighted by Crippen LogP contribution is -2.14. The first-order valence-corrected chi connectivity index (χ1v) is 10.9. The lowest BCUT2D eigenvalue weighted by atomic mass is 10.1. The van der Waals surface area contributed by atoms with Gasteiger partial charge in [-0.25, -0.2) is 0 Å². The van der Waals surface area contributed by atoms with Gasteiger partial charge in [-0.05, 0) is 67.8 Å². The van der Waals surface area contributed by atoms with E-state index in [9.17, 15) is 4.79 Å². The molecule has 1 N–H and O–H groups in total. The molecular weight excluding hydrogens is 406 g/mol. The molecule has 0 aliphatic carbocycles. The average Bonchev–Trinajstić information content (AvgIpc) is 3.19. The molecule has 156 valence electrons. The minimum absolute atomic E-state index is 0.0851. The van der Waals surface area contributed by atoms with Gasteiger partial charge in [0.25, 0.3) is 0 Å². The largest absolute Gasteiger partial charge is 0.325 e. The number of aromatic nitrogens is 4. The van der Waals surface area contributed by atoms with E-state index in [1.807, 2.05) is 73.0 Å². The van der Waals surface area contributed by atoms with E-state index < -0.39 is 0 Å². The Hall–Kier alpha value is -3.45. The van der Waals surface area contributed by atoms with Gasteiger partial charge in [0.15, 0.2) is 11.0 Å². The van der Waals surface area contributed by atoms with Gasteiger partial charge in [-0.15, -0.1) is 10.2 Å². The molecule has 0 spiro atoms. The maximum Gasteiger partial charge on any atom is 0.234 e. The zero-order chi connectivity index (χ0) is 21.8. The van der Waals surface area contributed by atoms with Crippen molar-refractivity contribution in [3.8, 4) is 17.1 Å². The molecule has 0 unspecified atom stereocenters. The van der Waals surface area contributed by atoms with Crippen LogP contribution in [-0.4, -0.2) is 31.4 Å². The van der Waals surface area contributed by atoms with Gasteiger partial charge < -0.3 is 5.32 Å². The van der Waals surface area contributed by atoms with E-state index in [4.69, 9.17) is 0 Å². The monoisotopic (exact) mass is 429 g/mol. The van der Waals surface area contributed by atoms with E-state index in [-0.39, 0.29) is 11.7 Å². The summed E-state index contributed by atoms with van der Waals surface area (Å²) in [5.74, 6) is 0.861. The summed E-state index contributed by atoms with van der Waals surface area (Å²) in [6.45, 7) is 6.13. The first-order valence-electron chi connectivity index (χ1n) is 9.94. The summed E-state index contributed by atoms with van der Waals surface area (Å²) in [4.78, 5) is 16.7. The summed E-state index contributed by atoms with van der Waals surface area (Å²) < 4.78 is 2.00. The number of para-hydroxylation sites is 1. The molecule has 1 amide bonds. The van der Waals surface area contributed by atoms with Crippen LogP contribution in [0, 0.1) is 20.8 Å². The smallest absolute Gasteiger partial charge is 0.234 e. The van der Waals surface area contributed by atoms with Gasteiger partial charge in [0.1, 0.15) is 0 Å². The number of benzene rings is 2. The topological polar surface area (TPSA) is 72.7 Å². The quantitative estimate of drug-likeness (QED) is 0.437. The molecule has 0 aliphatic rings. The van der Waals surface area contributed by atoms with Crippen molar-refractivity contribution in [3.05, 3.63) is 83.7 Å². The van der Waals surface area contributed by atoms with E-state index in [1.54, 1.807) is 12.4 Å². The van der Waals surface area contributed by atoms with Crippen molar-refractivity contribution in [2.45, 2.75) is 25.9 Å². The Morgan fingerprint density at radius 3 is 2.45 bits per heavy atom. The van der Waals surface area contributed by atoms with Crippen molar-refractivity contribution in [1.29, 1.82) is 0 Å². The van der Waals surface area contributed by atoms with Crippen LogP contribution in [0.15, 0.2) is 72.1 Å². The highest BCUT2D eigenvalue weighted by Gasteiger charge is 2.18. The summed E-state index contributed by atoms with van der Waals surface area (Å²) in [5.41, 5.74) is 6.13. The van der Waals surface area contributed by atoms with Gasteiger partial charge in [0, 0.05) is 23.6 Å². The van der Waals surface area contributed by atoms with Crippen molar-refractivity contribution in [1.82, 2.24) is 19.7 Å². The predicted molar refractivity (Wildman–Crippen MR) is 125 cm³/mol. The van der Waals surface area contributed by atoms with E-state index in [2.05, 4.69) is 27.4 Å². The number of thioether (sulfide) groups is 1.